The van der Waals surface area contributed by atoms with Gasteiger partial charge in [0.1, 0.15) is 17.5 Å². The second-order valence-electron chi connectivity index (χ2n) is 4.42. The number of nitrogens with one attached hydrogen (secondary N) is 2. The number of likely N-dealkylation sites (N-methyl/N-ethyl adjacent to an activating group) is 1. The molecule has 1 saturated heterocycles. The van der Waals surface area contributed by atoms with Crippen LogP contribution < -0.4 is 15.5 Å². The molecule has 2 N–H and O–H groups in total. The second-order valence-corrected chi connectivity index (χ2v) is 4.42. The first kappa shape index (κ1) is 14.2. The van der Waals surface area contributed by atoms with Crippen LogP contribution in [-0.4, -0.2) is 43.6 Å². The largest absolute Gasteiger partial charge is 0.357 e. The lowest BCUT2D eigenvalue weighted by molar-refractivity contribution is -0.384. The zero-order valence-electron chi connectivity index (χ0n) is 10.9. The van der Waals surface area contributed by atoms with Gasteiger partial charge in [0.25, 0.3) is 5.69 Å². The fraction of sp³-hybridized carbons (Fsp3) is 0.417. The molecule has 7 nitrogen and oxygen atoms in total. The summed E-state index contributed by atoms with van der Waals surface area (Å²) in [7, 11) is 1.50. The van der Waals surface area contributed by atoms with E-state index in [-0.39, 0.29) is 17.3 Å². The number of halogens is 1. The topological polar surface area (TPSA) is 87.5 Å². The van der Waals surface area contributed by atoms with Gasteiger partial charge in [-0.05, 0) is 6.07 Å². The number of nitro benzene ring substituents is 1. The Hall–Kier alpha value is -2.22. The van der Waals surface area contributed by atoms with Gasteiger partial charge in [-0.15, -0.1) is 0 Å². The third kappa shape index (κ3) is 2.69. The summed E-state index contributed by atoms with van der Waals surface area (Å²) < 4.78 is 13.4. The van der Waals surface area contributed by atoms with Crippen molar-refractivity contribution in [3.05, 3.63) is 34.1 Å². The Morgan fingerprint density at radius 2 is 2.35 bits per heavy atom. The van der Waals surface area contributed by atoms with E-state index in [1.54, 1.807) is 4.90 Å². The number of rotatable bonds is 3. The van der Waals surface area contributed by atoms with Crippen LogP contribution in [0.3, 0.4) is 0 Å². The van der Waals surface area contributed by atoms with Crippen LogP contribution in [0.1, 0.15) is 0 Å². The van der Waals surface area contributed by atoms with Crippen LogP contribution in [0.5, 0.6) is 0 Å². The molecule has 8 heteroatoms. The van der Waals surface area contributed by atoms with Gasteiger partial charge in [-0.3, -0.25) is 14.9 Å². The van der Waals surface area contributed by atoms with Gasteiger partial charge in [0.2, 0.25) is 5.91 Å². The van der Waals surface area contributed by atoms with E-state index in [2.05, 4.69) is 10.6 Å². The molecule has 1 aromatic rings. The Balaban J connectivity index is 2.44. The second kappa shape index (κ2) is 5.83. The van der Waals surface area contributed by atoms with Crippen LogP contribution in [0.2, 0.25) is 0 Å². The van der Waals surface area contributed by atoms with Crippen molar-refractivity contribution in [2.45, 2.75) is 6.04 Å². The summed E-state index contributed by atoms with van der Waals surface area (Å²) in [6.07, 6.45) is 0. The fourth-order valence-electron chi connectivity index (χ4n) is 2.27. The Morgan fingerprint density at radius 3 is 3.00 bits per heavy atom. The molecule has 1 unspecified atom stereocenters. The fourth-order valence-corrected chi connectivity index (χ4v) is 2.27. The number of carbonyl (C=O) groups is 1. The lowest BCUT2D eigenvalue weighted by Gasteiger charge is -2.36. The Morgan fingerprint density at radius 1 is 1.60 bits per heavy atom. The van der Waals surface area contributed by atoms with Crippen LogP contribution in [0.4, 0.5) is 15.8 Å². The van der Waals surface area contributed by atoms with Gasteiger partial charge in [0.05, 0.1) is 4.92 Å². The molecule has 0 aromatic heterocycles. The normalized spacial score (nSPS) is 18.7. The molecule has 1 aromatic carbocycles. The first-order valence-electron chi connectivity index (χ1n) is 6.17. The number of hydrogen-bond donors (Lipinski definition) is 2. The Kier molecular flexibility index (Phi) is 4.14. The standard InChI is InChI=1S/C12H15FN4O3/c1-14-12(18)11-7-15-4-5-16(11)10-6-8(13)2-3-9(10)17(19)20/h2-3,6,11,15H,4-5,7H2,1H3,(H,14,18). The van der Waals surface area contributed by atoms with E-state index in [1.807, 2.05) is 0 Å². The molecule has 0 spiro atoms. The maximum absolute atomic E-state index is 13.4. The van der Waals surface area contributed by atoms with E-state index in [4.69, 9.17) is 0 Å². The molecule has 20 heavy (non-hydrogen) atoms. The number of hydrogen-bond acceptors (Lipinski definition) is 5. The summed E-state index contributed by atoms with van der Waals surface area (Å²) in [5.41, 5.74) is -0.0766. The number of piperazine rings is 1. The van der Waals surface area contributed by atoms with E-state index < -0.39 is 16.8 Å². The third-order valence-corrected chi connectivity index (χ3v) is 3.24. The highest BCUT2D eigenvalue weighted by Crippen LogP contribution is 2.30. The summed E-state index contributed by atoms with van der Waals surface area (Å²) in [6, 6.07) is 2.65. The van der Waals surface area contributed by atoms with Crippen molar-refractivity contribution in [2.24, 2.45) is 0 Å². The van der Waals surface area contributed by atoms with Crippen molar-refractivity contribution in [2.75, 3.05) is 31.6 Å². The minimum Gasteiger partial charge on any atom is -0.357 e. The number of amides is 1. The summed E-state index contributed by atoms with van der Waals surface area (Å²) in [6.45, 7) is 1.32. The highest BCUT2D eigenvalue weighted by molar-refractivity contribution is 5.86. The molecule has 1 fully saturated rings. The first-order valence-corrected chi connectivity index (χ1v) is 6.17. The molecule has 1 aliphatic heterocycles. The van der Waals surface area contributed by atoms with Crippen molar-refractivity contribution in [1.82, 2.24) is 10.6 Å². The molecule has 0 aliphatic carbocycles. The van der Waals surface area contributed by atoms with Crippen molar-refractivity contribution < 1.29 is 14.1 Å². The SMILES string of the molecule is CNC(=O)C1CNCCN1c1cc(F)ccc1[N+](=O)[O-]. The Labute approximate surface area is 114 Å². The Bertz CT molecular complexity index is 537. The maximum atomic E-state index is 13.4. The molecule has 108 valence electrons. The molecule has 2 rings (SSSR count). The van der Waals surface area contributed by atoms with Crippen LogP contribution in [0.15, 0.2) is 18.2 Å². The molecule has 1 atom stereocenters. The van der Waals surface area contributed by atoms with Crippen molar-refractivity contribution in [3.63, 3.8) is 0 Å². The molecular formula is C12H15FN4O3. The molecule has 0 radical (unpaired) electrons. The summed E-state index contributed by atoms with van der Waals surface area (Å²) in [5.74, 6) is -0.837. The van der Waals surface area contributed by atoms with E-state index in [9.17, 15) is 19.3 Å². The van der Waals surface area contributed by atoms with E-state index in [1.165, 1.54) is 7.05 Å². The third-order valence-electron chi connectivity index (χ3n) is 3.24. The smallest absolute Gasteiger partial charge is 0.292 e. The molecular weight excluding hydrogens is 267 g/mol. The predicted octanol–water partition coefficient (Wildman–Crippen LogP) is 0.258. The molecule has 0 bridgehead atoms. The van der Waals surface area contributed by atoms with Gasteiger partial charge in [0, 0.05) is 38.8 Å². The van der Waals surface area contributed by atoms with Gasteiger partial charge in [-0.2, -0.15) is 0 Å². The zero-order valence-corrected chi connectivity index (χ0v) is 10.9. The van der Waals surface area contributed by atoms with Crippen LogP contribution in [0, 0.1) is 15.9 Å². The zero-order chi connectivity index (χ0) is 14.7. The van der Waals surface area contributed by atoms with Gasteiger partial charge in [-0.25, -0.2) is 4.39 Å². The number of carbonyl (C=O) groups excluding carboxylic acids is 1. The lowest BCUT2D eigenvalue weighted by atomic mass is 10.1. The summed E-state index contributed by atoms with van der Waals surface area (Å²) in [4.78, 5) is 23.9. The van der Waals surface area contributed by atoms with E-state index in [0.717, 1.165) is 18.2 Å². The molecule has 1 heterocycles. The number of nitro groups is 1. The average molecular weight is 282 g/mol. The number of anilines is 1. The minimum absolute atomic E-state index is 0.130. The molecule has 1 amide bonds. The quantitative estimate of drug-likeness (QED) is 0.613. The van der Waals surface area contributed by atoms with Crippen LogP contribution >= 0.6 is 0 Å². The molecule has 1 aliphatic rings. The maximum Gasteiger partial charge on any atom is 0.292 e. The van der Waals surface area contributed by atoms with Gasteiger partial charge in [0.15, 0.2) is 0 Å². The predicted molar refractivity (Wildman–Crippen MR) is 71.1 cm³/mol. The highest BCUT2D eigenvalue weighted by Gasteiger charge is 2.32. The summed E-state index contributed by atoms with van der Waals surface area (Å²) in [5, 5.41) is 16.6. The van der Waals surface area contributed by atoms with Gasteiger partial charge in [-0.1, -0.05) is 0 Å². The van der Waals surface area contributed by atoms with Gasteiger partial charge >= 0.3 is 0 Å². The van der Waals surface area contributed by atoms with E-state index in [0.29, 0.717) is 19.6 Å². The monoisotopic (exact) mass is 282 g/mol. The van der Waals surface area contributed by atoms with Crippen molar-refractivity contribution in [3.8, 4) is 0 Å². The average Bonchev–Trinajstić information content (AvgIpc) is 2.46. The number of nitrogens with zero attached hydrogens (tertiary/aromatic N) is 2. The van der Waals surface area contributed by atoms with Crippen molar-refractivity contribution >= 4 is 17.3 Å². The first-order chi connectivity index (χ1) is 9.54. The van der Waals surface area contributed by atoms with E-state index >= 15 is 0 Å². The van der Waals surface area contributed by atoms with Crippen LogP contribution in [0.25, 0.3) is 0 Å². The molecule has 0 saturated carbocycles. The van der Waals surface area contributed by atoms with Gasteiger partial charge < -0.3 is 15.5 Å². The van der Waals surface area contributed by atoms with Crippen LogP contribution in [-0.2, 0) is 4.79 Å². The highest BCUT2D eigenvalue weighted by atomic mass is 19.1. The lowest BCUT2D eigenvalue weighted by Crippen LogP contribution is -2.57. The minimum atomic E-state index is -0.603. The van der Waals surface area contributed by atoms with Crippen molar-refractivity contribution in [1.29, 1.82) is 0 Å². The number of benzene rings is 1. The summed E-state index contributed by atoms with van der Waals surface area (Å²) >= 11 is 0.